The van der Waals surface area contributed by atoms with Gasteiger partial charge < -0.3 is 5.32 Å². The number of anilines is 1. The average Bonchev–Trinajstić information content (AvgIpc) is 2.51. The molecule has 1 atom stereocenters. The Morgan fingerprint density at radius 1 is 1.10 bits per heavy atom. The summed E-state index contributed by atoms with van der Waals surface area (Å²) in [5.41, 5.74) is 3.21. The van der Waals surface area contributed by atoms with Crippen LogP contribution in [0, 0.1) is 0 Å². The van der Waals surface area contributed by atoms with Crippen molar-refractivity contribution in [3.05, 3.63) is 59.7 Å². The molecule has 0 aromatic heterocycles. The topological polar surface area (TPSA) is 46.2 Å². The third-order valence-corrected chi connectivity index (χ3v) is 5.82. The fraction of sp³-hybridized carbons (Fsp3) is 0.294. The summed E-state index contributed by atoms with van der Waals surface area (Å²) in [5, 5.41) is 3.46. The first-order valence-electron chi connectivity index (χ1n) is 7.27. The summed E-state index contributed by atoms with van der Waals surface area (Å²) < 4.78 is 24.3. The second kappa shape index (κ2) is 5.53. The van der Waals surface area contributed by atoms with Crippen molar-refractivity contribution < 1.29 is 8.42 Å². The first-order valence-corrected chi connectivity index (χ1v) is 8.92. The second-order valence-electron chi connectivity index (χ2n) is 5.39. The number of rotatable bonds is 3. The average molecular weight is 301 g/mol. The highest BCUT2D eigenvalue weighted by Gasteiger charge is 2.29. The number of benzene rings is 2. The predicted octanol–water partition coefficient (Wildman–Crippen LogP) is 3.58. The van der Waals surface area contributed by atoms with Crippen molar-refractivity contribution in [2.45, 2.75) is 30.7 Å². The molecule has 0 saturated carbocycles. The van der Waals surface area contributed by atoms with Crippen molar-refractivity contribution in [2.24, 2.45) is 0 Å². The molecule has 3 rings (SSSR count). The predicted molar refractivity (Wildman–Crippen MR) is 85.3 cm³/mol. The van der Waals surface area contributed by atoms with E-state index in [1.54, 1.807) is 12.1 Å². The van der Waals surface area contributed by atoms with Gasteiger partial charge in [-0.2, -0.15) is 0 Å². The van der Waals surface area contributed by atoms with Gasteiger partial charge in [-0.1, -0.05) is 37.3 Å². The monoisotopic (exact) mass is 301 g/mol. The zero-order chi connectivity index (χ0) is 14.9. The molecule has 21 heavy (non-hydrogen) atoms. The maximum absolute atomic E-state index is 12.1. The summed E-state index contributed by atoms with van der Waals surface area (Å²) in [5.74, 6) is 0.203. The molecule has 1 unspecified atom stereocenters. The molecule has 0 aliphatic carbocycles. The first-order chi connectivity index (χ1) is 10.1. The van der Waals surface area contributed by atoms with E-state index in [0.29, 0.717) is 11.3 Å². The maximum Gasteiger partial charge on any atom is 0.178 e. The number of hydrogen-bond donors (Lipinski definition) is 1. The van der Waals surface area contributed by atoms with E-state index >= 15 is 0 Å². The number of aryl methyl sites for hydroxylation is 1. The number of sulfone groups is 1. The largest absolute Gasteiger partial charge is 0.378 e. The minimum Gasteiger partial charge on any atom is -0.378 e. The molecule has 1 aliphatic heterocycles. The van der Waals surface area contributed by atoms with Crippen LogP contribution in [-0.2, 0) is 16.3 Å². The first kappa shape index (κ1) is 14.1. The van der Waals surface area contributed by atoms with Gasteiger partial charge in [0.05, 0.1) is 16.7 Å². The van der Waals surface area contributed by atoms with Crippen LogP contribution in [0.2, 0.25) is 0 Å². The Morgan fingerprint density at radius 3 is 2.52 bits per heavy atom. The van der Waals surface area contributed by atoms with E-state index in [-0.39, 0.29) is 11.8 Å². The quantitative estimate of drug-likeness (QED) is 0.942. The van der Waals surface area contributed by atoms with E-state index in [4.69, 9.17) is 0 Å². The van der Waals surface area contributed by atoms with Crippen LogP contribution in [0.3, 0.4) is 0 Å². The smallest absolute Gasteiger partial charge is 0.178 e. The number of fused-ring (bicyclic) bond motifs is 1. The molecule has 0 amide bonds. The summed E-state index contributed by atoms with van der Waals surface area (Å²) in [7, 11) is -3.12. The zero-order valence-corrected chi connectivity index (χ0v) is 12.9. The molecule has 1 N–H and O–H groups in total. The number of hydrogen-bond acceptors (Lipinski definition) is 3. The van der Waals surface area contributed by atoms with Crippen molar-refractivity contribution in [1.29, 1.82) is 0 Å². The molecule has 4 heteroatoms. The third kappa shape index (κ3) is 2.81. The summed E-state index contributed by atoms with van der Waals surface area (Å²) in [6, 6.07) is 15.7. The van der Waals surface area contributed by atoms with Gasteiger partial charge in [-0.05, 0) is 42.2 Å². The summed E-state index contributed by atoms with van der Waals surface area (Å²) in [6.07, 6.45) is 1.62. The minimum atomic E-state index is -3.12. The molecule has 0 bridgehead atoms. The van der Waals surface area contributed by atoms with Gasteiger partial charge in [0.2, 0.25) is 0 Å². The van der Waals surface area contributed by atoms with Crippen LogP contribution in [0.5, 0.6) is 0 Å². The molecular weight excluding hydrogens is 282 g/mol. The Kier molecular flexibility index (Phi) is 3.72. The Morgan fingerprint density at radius 2 is 1.81 bits per heavy atom. The lowest BCUT2D eigenvalue weighted by Crippen LogP contribution is -2.24. The normalized spacial score (nSPS) is 19.8. The van der Waals surface area contributed by atoms with Crippen molar-refractivity contribution in [3.63, 3.8) is 0 Å². The van der Waals surface area contributed by atoms with Gasteiger partial charge in [-0.15, -0.1) is 0 Å². The maximum atomic E-state index is 12.1. The highest BCUT2D eigenvalue weighted by atomic mass is 32.2. The van der Waals surface area contributed by atoms with E-state index in [9.17, 15) is 8.42 Å². The van der Waals surface area contributed by atoms with E-state index in [1.165, 1.54) is 5.56 Å². The summed E-state index contributed by atoms with van der Waals surface area (Å²) >= 11 is 0. The summed E-state index contributed by atoms with van der Waals surface area (Å²) in [4.78, 5) is 0.471. The van der Waals surface area contributed by atoms with Gasteiger partial charge in [0.1, 0.15) is 0 Å². The summed E-state index contributed by atoms with van der Waals surface area (Å²) in [6.45, 7) is 2.13. The van der Waals surface area contributed by atoms with Crippen molar-refractivity contribution in [2.75, 3.05) is 11.1 Å². The molecule has 3 nitrogen and oxygen atoms in total. The van der Waals surface area contributed by atoms with Crippen LogP contribution in [-0.4, -0.2) is 14.2 Å². The Hall–Kier alpha value is -1.81. The standard InChI is InChI=1S/C17H19NO2S/c1-2-13-7-9-14(10-8-13)18-16-11-12-21(19,20)17-6-4-3-5-15(16)17/h3-10,16,18H,2,11-12H2,1H3. The molecule has 110 valence electrons. The van der Waals surface area contributed by atoms with Gasteiger partial charge >= 0.3 is 0 Å². The Labute approximate surface area is 125 Å². The van der Waals surface area contributed by atoms with Crippen LogP contribution < -0.4 is 5.32 Å². The molecule has 0 spiro atoms. The van der Waals surface area contributed by atoms with Crippen LogP contribution in [0.1, 0.15) is 30.5 Å². The van der Waals surface area contributed by atoms with Gasteiger partial charge in [0.25, 0.3) is 0 Å². The lowest BCUT2D eigenvalue weighted by atomic mass is 10.0. The van der Waals surface area contributed by atoms with Gasteiger partial charge in [-0.3, -0.25) is 0 Å². The van der Waals surface area contributed by atoms with Crippen LogP contribution in [0.15, 0.2) is 53.4 Å². The second-order valence-corrected chi connectivity index (χ2v) is 7.47. The highest BCUT2D eigenvalue weighted by Crippen LogP contribution is 2.34. The van der Waals surface area contributed by atoms with E-state index in [0.717, 1.165) is 17.7 Å². The molecule has 0 fully saturated rings. The van der Waals surface area contributed by atoms with Crippen LogP contribution in [0.25, 0.3) is 0 Å². The minimum absolute atomic E-state index is 0.0530. The lowest BCUT2D eigenvalue weighted by Gasteiger charge is -2.27. The van der Waals surface area contributed by atoms with Crippen molar-refractivity contribution in [1.82, 2.24) is 0 Å². The molecule has 0 radical (unpaired) electrons. The van der Waals surface area contributed by atoms with Gasteiger partial charge in [0, 0.05) is 5.69 Å². The lowest BCUT2D eigenvalue weighted by molar-refractivity contribution is 0.576. The molecular formula is C17H19NO2S. The fourth-order valence-electron chi connectivity index (χ4n) is 2.78. The highest BCUT2D eigenvalue weighted by molar-refractivity contribution is 7.91. The SMILES string of the molecule is CCc1ccc(NC2CCS(=O)(=O)c3ccccc32)cc1. The number of nitrogens with one attached hydrogen (secondary N) is 1. The van der Waals surface area contributed by atoms with Crippen molar-refractivity contribution in [3.8, 4) is 0 Å². The van der Waals surface area contributed by atoms with E-state index in [2.05, 4.69) is 36.5 Å². The van der Waals surface area contributed by atoms with E-state index < -0.39 is 9.84 Å². The van der Waals surface area contributed by atoms with Crippen LogP contribution >= 0.6 is 0 Å². The fourth-order valence-corrected chi connectivity index (χ4v) is 4.40. The molecule has 0 saturated heterocycles. The molecule has 2 aromatic carbocycles. The third-order valence-electron chi connectivity index (χ3n) is 4.01. The Bertz CT molecular complexity index is 736. The molecule has 2 aromatic rings. The van der Waals surface area contributed by atoms with Crippen molar-refractivity contribution >= 4 is 15.5 Å². The molecule has 1 heterocycles. The van der Waals surface area contributed by atoms with Crippen LogP contribution in [0.4, 0.5) is 5.69 Å². The van der Waals surface area contributed by atoms with E-state index in [1.807, 2.05) is 12.1 Å². The Balaban J connectivity index is 1.90. The zero-order valence-electron chi connectivity index (χ0n) is 12.0. The van der Waals surface area contributed by atoms with Gasteiger partial charge in [-0.25, -0.2) is 8.42 Å². The molecule has 1 aliphatic rings. The van der Waals surface area contributed by atoms with Gasteiger partial charge in [0.15, 0.2) is 9.84 Å².